The number of halogens is 2. The van der Waals surface area contributed by atoms with E-state index in [1.165, 1.54) is 12.1 Å². The Balaban J connectivity index is 2.36. The molecule has 0 aliphatic heterocycles. The number of hydrogen-bond acceptors (Lipinski definition) is 1. The number of benzene rings is 2. The highest BCUT2D eigenvalue weighted by molar-refractivity contribution is 5.30. The summed E-state index contributed by atoms with van der Waals surface area (Å²) in [7, 11) is 0. The maximum Gasteiger partial charge on any atom is 0.131 e. The molecule has 0 amide bonds. The zero-order valence-corrected chi connectivity index (χ0v) is 10.9. The summed E-state index contributed by atoms with van der Waals surface area (Å²) in [5.41, 5.74) is 6.92. The zero-order chi connectivity index (χ0) is 13.9. The quantitative estimate of drug-likeness (QED) is 0.890. The van der Waals surface area contributed by atoms with Gasteiger partial charge in [-0.25, -0.2) is 8.78 Å². The van der Waals surface area contributed by atoms with Crippen LogP contribution in [0.2, 0.25) is 0 Å². The van der Waals surface area contributed by atoms with E-state index in [0.29, 0.717) is 18.4 Å². The monoisotopic (exact) mass is 261 g/mol. The van der Waals surface area contributed by atoms with Gasteiger partial charge in [0.2, 0.25) is 0 Å². The van der Waals surface area contributed by atoms with Gasteiger partial charge in [-0.3, -0.25) is 0 Å². The van der Waals surface area contributed by atoms with E-state index in [1.807, 2.05) is 37.3 Å². The van der Waals surface area contributed by atoms with Crippen molar-refractivity contribution in [2.75, 3.05) is 0 Å². The molecule has 1 atom stereocenters. The first-order valence-corrected chi connectivity index (χ1v) is 6.33. The van der Waals surface area contributed by atoms with Crippen molar-refractivity contribution in [2.24, 2.45) is 5.73 Å². The molecule has 0 aromatic heterocycles. The second-order valence-electron chi connectivity index (χ2n) is 4.80. The Bertz CT molecular complexity index is 554. The lowest BCUT2D eigenvalue weighted by Crippen LogP contribution is -2.39. The van der Waals surface area contributed by atoms with Crippen molar-refractivity contribution in [2.45, 2.75) is 25.3 Å². The first-order chi connectivity index (χ1) is 9.05. The minimum absolute atomic E-state index is 0.361. The first kappa shape index (κ1) is 13.7. The standard InChI is InChI=1S/C16H17F2N/c1-2-16(19,11-12-6-4-3-5-7-12)14-9-8-13(17)10-15(14)18/h3-10H,2,11,19H2,1H3. The van der Waals surface area contributed by atoms with Gasteiger partial charge in [-0.05, 0) is 24.5 Å². The Hall–Kier alpha value is -1.74. The van der Waals surface area contributed by atoms with Gasteiger partial charge in [0.1, 0.15) is 11.6 Å². The summed E-state index contributed by atoms with van der Waals surface area (Å²) in [5, 5.41) is 0. The van der Waals surface area contributed by atoms with Gasteiger partial charge in [0, 0.05) is 17.2 Å². The van der Waals surface area contributed by atoms with Crippen LogP contribution < -0.4 is 5.73 Å². The summed E-state index contributed by atoms with van der Waals surface area (Å²) >= 11 is 0. The topological polar surface area (TPSA) is 26.0 Å². The van der Waals surface area contributed by atoms with Crippen molar-refractivity contribution in [1.82, 2.24) is 0 Å². The van der Waals surface area contributed by atoms with Crippen LogP contribution in [0.15, 0.2) is 48.5 Å². The van der Waals surface area contributed by atoms with Gasteiger partial charge >= 0.3 is 0 Å². The predicted molar refractivity (Wildman–Crippen MR) is 72.7 cm³/mol. The Morgan fingerprint density at radius 1 is 1.05 bits per heavy atom. The lowest BCUT2D eigenvalue weighted by molar-refractivity contribution is 0.400. The van der Waals surface area contributed by atoms with E-state index >= 15 is 0 Å². The molecule has 2 aromatic rings. The van der Waals surface area contributed by atoms with Crippen LogP contribution in [-0.4, -0.2) is 0 Å². The smallest absolute Gasteiger partial charge is 0.131 e. The molecule has 0 aliphatic carbocycles. The molecule has 0 saturated carbocycles. The summed E-state index contributed by atoms with van der Waals surface area (Å²) < 4.78 is 26.9. The minimum atomic E-state index is -0.820. The predicted octanol–water partition coefficient (Wildman–Crippen LogP) is 3.77. The molecule has 2 N–H and O–H groups in total. The van der Waals surface area contributed by atoms with E-state index < -0.39 is 17.2 Å². The fraction of sp³-hybridized carbons (Fsp3) is 0.250. The SMILES string of the molecule is CCC(N)(Cc1ccccc1)c1ccc(F)cc1F. The molecule has 19 heavy (non-hydrogen) atoms. The Kier molecular flexibility index (Phi) is 3.96. The van der Waals surface area contributed by atoms with E-state index in [1.54, 1.807) is 0 Å². The van der Waals surface area contributed by atoms with Gasteiger partial charge in [-0.1, -0.05) is 43.3 Å². The molecule has 2 rings (SSSR count). The van der Waals surface area contributed by atoms with Crippen LogP contribution >= 0.6 is 0 Å². The minimum Gasteiger partial charge on any atom is -0.321 e. The first-order valence-electron chi connectivity index (χ1n) is 6.33. The average molecular weight is 261 g/mol. The molecule has 0 aliphatic rings. The van der Waals surface area contributed by atoms with E-state index in [9.17, 15) is 8.78 Å². The summed E-state index contributed by atoms with van der Waals surface area (Å²) in [6.45, 7) is 1.91. The van der Waals surface area contributed by atoms with E-state index in [-0.39, 0.29) is 0 Å². The molecule has 0 heterocycles. The number of hydrogen-bond donors (Lipinski definition) is 1. The maximum atomic E-state index is 13.9. The van der Waals surface area contributed by atoms with Crippen molar-refractivity contribution >= 4 is 0 Å². The highest BCUT2D eigenvalue weighted by Gasteiger charge is 2.28. The van der Waals surface area contributed by atoms with E-state index in [2.05, 4.69) is 0 Å². The van der Waals surface area contributed by atoms with Gasteiger partial charge in [-0.2, -0.15) is 0 Å². The average Bonchev–Trinajstić information content (AvgIpc) is 2.39. The van der Waals surface area contributed by atoms with E-state index in [0.717, 1.165) is 11.6 Å². The molecule has 2 aromatic carbocycles. The van der Waals surface area contributed by atoms with Crippen LogP contribution in [0.3, 0.4) is 0 Å². The number of rotatable bonds is 4. The van der Waals surface area contributed by atoms with Crippen molar-refractivity contribution in [3.8, 4) is 0 Å². The van der Waals surface area contributed by atoms with Gasteiger partial charge < -0.3 is 5.73 Å². The second-order valence-corrected chi connectivity index (χ2v) is 4.80. The van der Waals surface area contributed by atoms with Crippen LogP contribution in [0, 0.1) is 11.6 Å². The number of nitrogens with two attached hydrogens (primary N) is 1. The van der Waals surface area contributed by atoms with Gasteiger partial charge in [0.25, 0.3) is 0 Å². The molecule has 1 unspecified atom stereocenters. The summed E-state index contributed by atoms with van der Waals surface area (Å²) in [4.78, 5) is 0. The van der Waals surface area contributed by atoms with Crippen LogP contribution in [-0.2, 0) is 12.0 Å². The largest absolute Gasteiger partial charge is 0.321 e. The second kappa shape index (κ2) is 5.49. The third kappa shape index (κ3) is 2.99. The molecule has 0 saturated heterocycles. The Labute approximate surface area is 112 Å². The lowest BCUT2D eigenvalue weighted by atomic mass is 9.82. The van der Waals surface area contributed by atoms with Crippen molar-refractivity contribution in [3.05, 3.63) is 71.3 Å². The van der Waals surface area contributed by atoms with Crippen LogP contribution in [0.25, 0.3) is 0 Å². The van der Waals surface area contributed by atoms with Crippen molar-refractivity contribution in [1.29, 1.82) is 0 Å². The molecule has 0 radical (unpaired) electrons. The van der Waals surface area contributed by atoms with Crippen LogP contribution in [0.4, 0.5) is 8.78 Å². The molecule has 3 heteroatoms. The highest BCUT2D eigenvalue weighted by atomic mass is 19.1. The molecule has 100 valence electrons. The van der Waals surface area contributed by atoms with Gasteiger partial charge in [0.15, 0.2) is 0 Å². The molecule has 0 bridgehead atoms. The molecule has 0 fully saturated rings. The van der Waals surface area contributed by atoms with Crippen molar-refractivity contribution < 1.29 is 8.78 Å². The van der Waals surface area contributed by atoms with E-state index in [4.69, 9.17) is 5.73 Å². The maximum absolute atomic E-state index is 13.9. The summed E-state index contributed by atoms with van der Waals surface area (Å²) in [5.74, 6) is -1.17. The fourth-order valence-corrected chi connectivity index (χ4v) is 2.26. The van der Waals surface area contributed by atoms with Crippen LogP contribution in [0.5, 0.6) is 0 Å². The zero-order valence-electron chi connectivity index (χ0n) is 10.9. The Morgan fingerprint density at radius 2 is 1.74 bits per heavy atom. The summed E-state index contributed by atoms with van der Waals surface area (Å²) in [6.07, 6.45) is 1.09. The fourth-order valence-electron chi connectivity index (χ4n) is 2.26. The summed E-state index contributed by atoms with van der Waals surface area (Å²) in [6, 6.07) is 13.3. The van der Waals surface area contributed by atoms with Crippen LogP contribution in [0.1, 0.15) is 24.5 Å². The van der Waals surface area contributed by atoms with Crippen molar-refractivity contribution in [3.63, 3.8) is 0 Å². The third-order valence-corrected chi connectivity index (χ3v) is 3.46. The molecule has 0 spiro atoms. The molecular formula is C16H17F2N. The third-order valence-electron chi connectivity index (χ3n) is 3.46. The Morgan fingerprint density at radius 3 is 2.32 bits per heavy atom. The normalized spacial score (nSPS) is 14.1. The highest BCUT2D eigenvalue weighted by Crippen LogP contribution is 2.29. The van der Waals surface area contributed by atoms with Gasteiger partial charge in [-0.15, -0.1) is 0 Å². The molecular weight excluding hydrogens is 244 g/mol. The van der Waals surface area contributed by atoms with Gasteiger partial charge in [0.05, 0.1) is 0 Å². The molecule has 1 nitrogen and oxygen atoms in total. The lowest BCUT2D eigenvalue weighted by Gasteiger charge is -2.29.